The van der Waals surface area contributed by atoms with Crippen LogP contribution in [0.2, 0.25) is 0 Å². The zero-order chi connectivity index (χ0) is 25.7. The number of nitrogens with one attached hydrogen (secondary N) is 1. The molecule has 2 heterocycles. The number of aromatic nitrogens is 1. The average molecular weight is 515 g/mol. The summed E-state index contributed by atoms with van der Waals surface area (Å²) in [5.74, 6) is -0.940. The number of carbonyl (C=O) groups is 2. The number of ether oxygens (including phenoxy) is 1. The van der Waals surface area contributed by atoms with E-state index < -0.39 is 35.0 Å². The van der Waals surface area contributed by atoms with E-state index in [9.17, 15) is 35.9 Å². The molecule has 0 unspecified atom stereocenters. The summed E-state index contributed by atoms with van der Waals surface area (Å²) in [7, 11) is 1.58. The lowest BCUT2D eigenvalue weighted by Crippen LogP contribution is -2.35. The number of aryl methyl sites for hydroxylation is 1. The van der Waals surface area contributed by atoms with E-state index in [1.54, 1.807) is 32.2 Å². The first-order valence-corrected chi connectivity index (χ1v) is 10.7. The van der Waals surface area contributed by atoms with E-state index in [1.165, 1.54) is 4.90 Å². The van der Waals surface area contributed by atoms with Gasteiger partial charge in [0.05, 0.1) is 22.5 Å². The van der Waals surface area contributed by atoms with Crippen molar-refractivity contribution in [3.8, 4) is 17.0 Å². The number of rotatable bonds is 3. The molecule has 184 valence electrons. The van der Waals surface area contributed by atoms with E-state index in [4.69, 9.17) is 4.74 Å². The second-order valence-corrected chi connectivity index (χ2v) is 8.80. The van der Waals surface area contributed by atoms with Crippen molar-refractivity contribution in [2.24, 2.45) is 0 Å². The van der Waals surface area contributed by atoms with Crippen LogP contribution < -0.4 is 15.0 Å². The Balaban J connectivity index is 1.64. The molecule has 1 aliphatic rings. The Morgan fingerprint density at radius 1 is 1.06 bits per heavy atom. The number of amides is 2. The number of alkyl halides is 6. The van der Waals surface area contributed by atoms with Gasteiger partial charge in [0, 0.05) is 23.1 Å². The molecule has 0 fully saturated rings. The van der Waals surface area contributed by atoms with Crippen molar-refractivity contribution >= 4 is 34.0 Å². The molecule has 3 aromatic rings. The highest BCUT2D eigenvalue weighted by Gasteiger charge is 2.37. The second kappa shape index (κ2) is 8.56. The molecule has 0 saturated carbocycles. The molecule has 1 aliphatic heterocycles. The van der Waals surface area contributed by atoms with E-state index >= 15 is 0 Å². The Hall–Kier alpha value is -3.61. The number of thiazole rings is 1. The zero-order valence-corrected chi connectivity index (χ0v) is 18.8. The number of anilines is 2. The predicted molar refractivity (Wildman–Crippen MR) is 116 cm³/mol. The maximum Gasteiger partial charge on any atom is 0.416 e. The SMILES string of the molecule is Cc1sc(NC(=O)c2cc(C(F)(F)F)cc(C(F)(F)F)c2)nc1-c1ccc2c(c1)N(C)C(=O)CO2. The molecule has 1 N–H and O–H groups in total. The van der Waals surface area contributed by atoms with Crippen LogP contribution in [-0.2, 0) is 17.1 Å². The molecule has 6 nitrogen and oxygen atoms in total. The number of likely N-dealkylation sites (N-methyl/N-ethyl adjacent to an activating group) is 1. The Morgan fingerprint density at radius 3 is 2.29 bits per heavy atom. The van der Waals surface area contributed by atoms with E-state index in [0.717, 1.165) is 11.3 Å². The molecule has 35 heavy (non-hydrogen) atoms. The molecule has 0 radical (unpaired) electrons. The van der Waals surface area contributed by atoms with Gasteiger partial charge < -0.3 is 9.64 Å². The van der Waals surface area contributed by atoms with Crippen molar-refractivity contribution in [2.45, 2.75) is 19.3 Å². The molecule has 0 saturated heterocycles. The third-order valence-corrected chi connectivity index (χ3v) is 6.07. The van der Waals surface area contributed by atoms with Crippen LogP contribution in [0, 0.1) is 6.92 Å². The summed E-state index contributed by atoms with van der Waals surface area (Å²) >= 11 is 0.991. The van der Waals surface area contributed by atoms with Gasteiger partial charge in [-0.05, 0) is 43.3 Å². The number of halogens is 6. The van der Waals surface area contributed by atoms with Gasteiger partial charge in [-0.25, -0.2) is 4.98 Å². The van der Waals surface area contributed by atoms with Crippen molar-refractivity contribution in [3.63, 3.8) is 0 Å². The second-order valence-electron chi connectivity index (χ2n) is 7.60. The molecule has 0 atom stereocenters. The molecular weight excluding hydrogens is 500 g/mol. The van der Waals surface area contributed by atoms with Gasteiger partial charge in [-0.3, -0.25) is 14.9 Å². The van der Waals surface area contributed by atoms with Crippen LogP contribution in [0.25, 0.3) is 11.3 Å². The maximum atomic E-state index is 13.1. The fourth-order valence-corrected chi connectivity index (χ4v) is 4.22. The lowest BCUT2D eigenvalue weighted by atomic mass is 10.0. The van der Waals surface area contributed by atoms with Gasteiger partial charge in [-0.2, -0.15) is 26.3 Å². The first-order valence-electron chi connectivity index (χ1n) is 9.86. The number of carbonyl (C=O) groups excluding carboxylic acids is 2. The highest BCUT2D eigenvalue weighted by Crippen LogP contribution is 2.39. The van der Waals surface area contributed by atoms with Crippen LogP contribution in [-0.4, -0.2) is 30.5 Å². The van der Waals surface area contributed by atoms with E-state index in [2.05, 4.69) is 10.3 Å². The summed E-state index contributed by atoms with van der Waals surface area (Å²) in [6.45, 7) is 1.58. The van der Waals surface area contributed by atoms with Crippen molar-refractivity contribution < 1.29 is 40.7 Å². The molecule has 0 spiro atoms. The van der Waals surface area contributed by atoms with Gasteiger partial charge in [0.1, 0.15) is 5.75 Å². The third kappa shape index (κ3) is 4.94. The fraction of sp³-hybridized carbons (Fsp3) is 0.227. The molecular formula is C22H15F6N3O3S. The Bertz CT molecular complexity index is 1300. The van der Waals surface area contributed by atoms with Gasteiger partial charge in [0.15, 0.2) is 11.7 Å². The van der Waals surface area contributed by atoms with Gasteiger partial charge >= 0.3 is 12.4 Å². The summed E-state index contributed by atoms with van der Waals surface area (Å²) in [5.41, 5.74) is -2.51. The lowest BCUT2D eigenvalue weighted by molar-refractivity contribution is -0.143. The number of benzene rings is 2. The number of hydrogen-bond acceptors (Lipinski definition) is 5. The molecule has 0 bridgehead atoms. The molecule has 4 rings (SSSR count). The van der Waals surface area contributed by atoms with Crippen LogP contribution >= 0.6 is 11.3 Å². The van der Waals surface area contributed by atoms with Gasteiger partial charge in [0.2, 0.25) is 0 Å². The topological polar surface area (TPSA) is 71.5 Å². The third-order valence-electron chi connectivity index (χ3n) is 5.19. The van der Waals surface area contributed by atoms with Crippen LogP contribution in [0.3, 0.4) is 0 Å². The van der Waals surface area contributed by atoms with Gasteiger partial charge in [-0.15, -0.1) is 11.3 Å². The molecule has 0 aliphatic carbocycles. The van der Waals surface area contributed by atoms with Crippen molar-refractivity contribution in [3.05, 3.63) is 58.0 Å². The van der Waals surface area contributed by atoms with Crippen LogP contribution in [0.15, 0.2) is 36.4 Å². The minimum absolute atomic E-state index is 0.0214. The molecule has 1 aromatic heterocycles. The maximum absolute atomic E-state index is 13.1. The minimum atomic E-state index is -5.08. The Morgan fingerprint density at radius 2 is 1.69 bits per heavy atom. The lowest BCUT2D eigenvalue weighted by Gasteiger charge is -2.26. The standard InChI is InChI=1S/C22H15F6N3O3S/c1-10-18(11-3-4-16-15(7-11)31(2)17(32)9-34-16)29-20(35-10)30-19(33)12-5-13(21(23,24)25)8-14(6-12)22(26,27)28/h3-8H,9H2,1-2H3,(H,29,30,33). The summed E-state index contributed by atoms with van der Waals surface area (Å²) < 4.78 is 84.0. The molecule has 13 heteroatoms. The average Bonchev–Trinajstić information content (AvgIpc) is 3.14. The van der Waals surface area contributed by atoms with Crippen molar-refractivity contribution in [1.29, 1.82) is 0 Å². The van der Waals surface area contributed by atoms with Gasteiger partial charge in [-0.1, -0.05) is 0 Å². The van der Waals surface area contributed by atoms with Crippen molar-refractivity contribution in [1.82, 2.24) is 4.98 Å². The van der Waals surface area contributed by atoms with E-state index in [-0.39, 0.29) is 23.7 Å². The number of hydrogen-bond donors (Lipinski definition) is 1. The van der Waals surface area contributed by atoms with Crippen LogP contribution in [0.5, 0.6) is 5.75 Å². The smallest absolute Gasteiger partial charge is 0.416 e. The largest absolute Gasteiger partial charge is 0.482 e. The summed E-state index contributed by atoms with van der Waals surface area (Å²) in [5, 5.41) is 2.25. The highest BCUT2D eigenvalue weighted by atomic mass is 32.1. The Labute approximate surface area is 198 Å². The van der Waals surface area contributed by atoms with E-state index in [0.29, 0.717) is 39.7 Å². The predicted octanol–water partition coefficient (Wildman–Crippen LogP) is 5.76. The van der Waals surface area contributed by atoms with Crippen LogP contribution in [0.4, 0.5) is 37.2 Å². The summed E-state index contributed by atoms with van der Waals surface area (Å²) in [6, 6.07) is 5.63. The van der Waals surface area contributed by atoms with Crippen LogP contribution in [0.1, 0.15) is 26.4 Å². The number of nitrogens with zero attached hydrogens (tertiary/aromatic N) is 2. The fourth-order valence-electron chi connectivity index (χ4n) is 3.39. The first kappa shape index (κ1) is 24.5. The Kier molecular flexibility index (Phi) is 5.99. The van der Waals surface area contributed by atoms with Crippen molar-refractivity contribution in [2.75, 3.05) is 23.9 Å². The van der Waals surface area contributed by atoms with Gasteiger partial charge in [0.25, 0.3) is 11.8 Å². The monoisotopic (exact) mass is 515 g/mol. The molecule has 2 amide bonds. The number of fused-ring (bicyclic) bond motifs is 1. The zero-order valence-electron chi connectivity index (χ0n) is 18.0. The van der Waals surface area contributed by atoms with E-state index in [1.807, 2.05) is 0 Å². The quantitative estimate of drug-likeness (QED) is 0.450. The first-order chi connectivity index (χ1) is 16.2. The minimum Gasteiger partial charge on any atom is -0.482 e. The summed E-state index contributed by atoms with van der Waals surface area (Å²) in [4.78, 5) is 30.8. The highest BCUT2D eigenvalue weighted by molar-refractivity contribution is 7.16. The normalized spacial score (nSPS) is 13.9. The summed E-state index contributed by atoms with van der Waals surface area (Å²) in [6.07, 6.45) is -10.2. The molecule has 2 aromatic carbocycles.